The lowest BCUT2D eigenvalue weighted by Crippen LogP contribution is -2.31. The number of thioether (sulfide) groups is 1. The van der Waals surface area contributed by atoms with Crippen molar-refractivity contribution in [1.82, 2.24) is 14.8 Å². The predicted octanol–water partition coefficient (Wildman–Crippen LogP) is 5.16. The maximum Gasteiger partial charge on any atom is 0.255 e. The van der Waals surface area contributed by atoms with Gasteiger partial charge < -0.3 is 10.6 Å². The van der Waals surface area contributed by atoms with Crippen LogP contribution in [0, 0.1) is 12.7 Å². The van der Waals surface area contributed by atoms with Crippen LogP contribution < -0.4 is 10.6 Å². The van der Waals surface area contributed by atoms with E-state index in [-0.39, 0.29) is 11.7 Å². The Kier molecular flexibility index (Phi) is 6.08. The summed E-state index contributed by atoms with van der Waals surface area (Å²) in [6.45, 7) is 5.94. The van der Waals surface area contributed by atoms with Gasteiger partial charge in [-0.1, -0.05) is 48.5 Å². The first-order chi connectivity index (χ1) is 15.0. The SMILES string of the molecule is CCCSc1nc2n(n1)C(c1ccc(F)cc1)C(C(=O)Nc1ccc(C)cc1)=C(C)N2. The summed E-state index contributed by atoms with van der Waals surface area (Å²) in [4.78, 5) is 17.9. The number of rotatable bonds is 6. The van der Waals surface area contributed by atoms with Gasteiger partial charge in [0.2, 0.25) is 11.1 Å². The number of nitrogens with one attached hydrogen (secondary N) is 2. The molecule has 0 aliphatic carbocycles. The second kappa shape index (κ2) is 8.93. The van der Waals surface area contributed by atoms with Crippen LogP contribution in [0.15, 0.2) is 65.0 Å². The van der Waals surface area contributed by atoms with E-state index in [1.54, 1.807) is 28.6 Å². The quantitative estimate of drug-likeness (QED) is 0.522. The highest BCUT2D eigenvalue weighted by Crippen LogP contribution is 2.36. The number of allylic oxidation sites excluding steroid dienone is 1. The molecule has 160 valence electrons. The molecule has 1 unspecified atom stereocenters. The number of aromatic nitrogens is 3. The number of carbonyl (C=O) groups is 1. The zero-order valence-electron chi connectivity index (χ0n) is 17.6. The number of benzene rings is 2. The molecular formula is C23H24FN5OS. The van der Waals surface area contributed by atoms with Crippen molar-refractivity contribution in [3.8, 4) is 0 Å². The monoisotopic (exact) mass is 437 g/mol. The highest BCUT2D eigenvalue weighted by atomic mass is 32.2. The number of hydrogen-bond acceptors (Lipinski definition) is 5. The van der Waals surface area contributed by atoms with Gasteiger partial charge in [-0.3, -0.25) is 4.79 Å². The van der Waals surface area contributed by atoms with Gasteiger partial charge in [-0.2, -0.15) is 4.98 Å². The maximum absolute atomic E-state index is 13.6. The highest BCUT2D eigenvalue weighted by molar-refractivity contribution is 7.99. The van der Waals surface area contributed by atoms with Gasteiger partial charge in [0.1, 0.15) is 11.9 Å². The first-order valence-corrected chi connectivity index (χ1v) is 11.2. The van der Waals surface area contributed by atoms with E-state index in [4.69, 9.17) is 0 Å². The van der Waals surface area contributed by atoms with E-state index < -0.39 is 6.04 Å². The number of anilines is 2. The average molecular weight is 438 g/mol. The van der Waals surface area contributed by atoms with Crippen LogP contribution in [-0.4, -0.2) is 26.4 Å². The minimum Gasteiger partial charge on any atom is -0.328 e. The van der Waals surface area contributed by atoms with E-state index >= 15 is 0 Å². The number of fused-ring (bicyclic) bond motifs is 1. The summed E-state index contributed by atoms with van der Waals surface area (Å²) in [5.74, 6) is 0.893. The highest BCUT2D eigenvalue weighted by Gasteiger charge is 2.34. The summed E-state index contributed by atoms with van der Waals surface area (Å²) in [5.41, 5.74) is 3.77. The van der Waals surface area contributed by atoms with Gasteiger partial charge in [-0.25, -0.2) is 9.07 Å². The average Bonchev–Trinajstić information content (AvgIpc) is 3.15. The van der Waals surface area contributed by atoms with Gasteiger partial charge in [-0.15, -0.1) is 5.10 Å². The molecular weight excluding hydrogens is 413 g/mol. The lowest BCUT2D eigenvalue weighted by molar-refractivity contribution is -0.113. The fourth-order valence-corrected chi connectivity index (χ4v) is 4.15. The van der Waals surface area contributed by atoms with Crippen LogP contribution in [0.4, 0.5) is 16.0 Å². The first-order valence-electron chi connectivity index (χ1n) is 10.2. The molecule has 1 amide bonds. The molecule has 0 bridgehead atoms. The lowest BCUT2D eigenvalue weighted by atomic mass is 9.95. The molecule has 3 aromatic rings. The van der Waals surface area contributed by atoms with Gasteiger partial charge in [0.15, 0.2) is 0 Å². The molecule has 2 N–H and O–H groups in total. The van der Waals surface area contributed by atoms with Crippen molar-refractivity contribution in [3.05, 3.63) is 76.7 Å². The normalized spacial score (nSPS) is 15.4. The molecule has 8 heteroatoms. The fourth-order valence-electron chi connectivity index (χ4n) is 3.47. The van der Waals surface area contributed by atoms with Crippen LogP contribution in [0.5, 0.6) is 0 Å². The summed E-state index contributed by atoms with van der Waals surface area (Å²) in [6.07, 6.45) is 1.00. The van der Waals surface area contributed by atoms with E-state index in [2.05, 4.69) is 27.6 Å². The molecule has 0 saturated heterocycles. The molecule has 1 aromatic heterocycles. The second-order valence-electron chi connectivity index (χ2n) is 7.45. The number of amides is 1. The zero-order valence-corrected chi connectivity index (χ0v) is 18.5. The Balaban J connectivity index is 1.74. The van der Waals surface area contributed by atoms with Crippen LogP contribution in [0.1, 0.15) is 37.4 Å². The molecule has 4 rings (SSSR count). The summed E-state index contributed by atoms with van der Waals surface area (Å²) in [6, 6.07) is 13.3. The molecule has 0 radical (unpaired) electrons. The van der Waals surface area contributed by atoms with Crippen LogP contribution in [-0.2, 0) is 4.79 Å². The minimum atomic E-state index is -0.522. The molecule has 6 nitrogen and oxygen atoms in total. The zero-order chi connectivity index (χ0) is 22.0. The molecule has 1 aliphatic rings. The molecule has 2 aromatic carbocycles. The number of nitrogens with zero attached hydrogens (tertiary/aromatic N) is 3. The van der Waals surface area contributed by atoms with Gasteiger partial charge in [-0.05, 0) is 50.1 Å². The van der Waals surface area contributed by atoms with Crippen LogP contribution in [0.2, 0.25) is 0 Å². The second-order valence-corrected chi connectivity index (χ2v) is 8.51. The van der Waals surface area contributed by atoms with E-state index in [9.17, 15) is 9.18 Å². The van der Waals surface area contributed by atoms with Crippen LogP contribution >= 0.6 is 11.8 Å². The van der Waals surface area contributed by atoms with Crippen molar-refractivity contribution in [3.63, 3.8) is 0 Å². The topological polar surface area (TPSA) is 71.8 Å². The molecule has 0 saturated carbocycles. The summed E-state index contributed by atoms with van der Waals surface area (Å²) in [7, 11) is 0. The Bertz CT molecular complexity index is 1120. The van der Waals surface area contributed by atoms with E-state index in [0.29, 0.717) is 28.1 Å². The Morgan fingerprint density at radius 2 is 1.87 bits per heavy atom. The molecule has 1 atom stereocenters. The molecule has 1 aliphatic heterocycles. The van der Waals surface area contributed by atoms with Crippen molar-refractivity contribution >= 4 is 29.3 Å². The van der Waals surface area contributed by atoms with Crippen molar-refractivity contribution in [2.45, 2.75) is 38.4 Å². The van der Waals surface area contributed by atoms with Gasteiger partial charge >= 0.3 is 0 Å². The predicted molar refractivity (Wildman–Crippen MR) is 122 cm³/mol. The number of halogens is 1. The van der Waals surface area contributed by atoms with Gasteiger partial charge in [0, 0.05) is 17.1 Å². The van der Waals surface area contributed by atoms with Crippen LogP contribution in [0.3, 0.4) is 0 Å². The number of carbonyl (C=O) groups excluding carboxylic acids is 1. The van der Waals surface area contributed by atoms with Crippen LogP contribution in [0.25, 0.3) is 0 Å². The number of aryl methyl sites for hydroxylation is 1. The van der Waals surface area contributed by atoms with Crippen molar-refractivity contribution in [1.29, 1.82) is 0 Å². The van der Waals surface area contributed by atoms with Crippen molar-refractivity contribution in [2.24, 2.45) is 0 Å². The molecule has 2 heterocycles. The third-order valence-corrected chi connectivity index (χ3v) is 6.05. The third-order valence-electron chi connectivity index (χ3n) is 5.01. The Morgan fingerprint density at radius 3 is 2.55 bits per heavy atom. The standard InChI is InChI=1S/C23H24FN5OS/c1-4-13-31-23-27-22-25-15(3)19(21(30)26-18-11-5-14(2)6-12-18)20(29(22)28-23)16-7-9-17(24)10-8-16/h5-12,20H,4,13H2,1-3H3,(H,26,30)(H,25,27,28). The Hall–Kier alpha value is -3.13. The Labute approximate surface area is 185 Å². The van der Waals surface area contributed by atoms with E-state index in [0.717, 1.165) is 23.3 Å². The van der Waals surface area contributed by atoms with Crippen molar-refractivity contribution in [2.75, 3.05) is 16.4 Å². The lowest BCUT2D eigenvalue weighted by Gasteiger charge is -2.28. The Morgan fingerprint density at radius 1 is 1.16 bits per heavy atom. The molecule has 0 spiro atoms. The summed E-state index contributed by atoms with van der Waals surface area (Å²) >= 11 is 1.57. The summed E-state index contributed by atoms with van der Waals surface area (Å²) < 4.78 is 15.3. The van der Waals surface area contributed by atoms with Gasteiger partial charge in [0.05, 0.1) is 5.57 Å². The third kappa shape index (κ3) is 4.49. The molecule has 31 heavy (non-hydrogen) atoms. The largest absolute Gasteiger partial charge is 0.328 e. The summed E-state index contributed by atoms with van der Waals surface area (Å²) in [5, 5.41) is 11.5. The smallest absolute Gasteiger partial charge is 0.255 e. The fraction of sp³-hybridized carbons (Fsp3) is 0.261. The number of hydrogen-bond donors (Lipinski definition) is 2. The van der Waals surface area contributed by atoms with Gasteiger partial charge in [0.25, 0.3) is 5.91 Å². The van der Waals surface area contributed by atoms with E-state index in [1.807, 2.05) is 38.1 Å². The first kappa shape index (κ1) is 21.1. The van der Waals surface area contributed by atoms with E-state index in [1.165, 1.54) is 12.1 Å². The molecule has 0 fully saturated rings. The maximum atomic E-state index is 13.6. The van der Waals surface area contributed by atoms with Crippen molar-refractivity contribution < 1.29 is 9.18 Å². The minimum absolute atomic E-state index is 0.243.